The Kier molecular flexibility index (Phi) is 8.49. The van der Waals surface area contributed by atoms with Gasteiger partial charge in [-0.15, -0.1) is 0 Å². The molecule has 2 aromatic rings. The third-order valence-electron chi connectivity index (χ3n) is 2.79. The van der Waals surface area contributed by atoms with Crippen molar-refractivity contribution in [1.29, 1.82) is 0 Å². The maximum Gasteiger partial charge on any atom is 0.435 e. The first-order valence-electron chi connectivity index (χ1n) is 7.08. The molecule has 0 unspecified atom stereocenters. The SMILES string of the molecule is CCCOP(=S)(Oc1c(Cl)cc(Cl)cc1Cl)Oc1c(Cl)cc(Cl)cc1Cl. The predicted molar refractivity (Wildman–Crippen MR) is 115 cm³/mol. The highest BCUT2D eigenvalue weighted by atomic mass is 35.5. The van der Waals surface area contributed by atoms with Crippen molar-refractivity contribution >= 4 is 88.1 Å². The average molecular weight is 515 g/mol. The van der Waals surface area contributed by atoms with Crippen LogP contribution in [0.1, 0.15) is 13.3 Å². The minimum Gasteiger partial charge on any atom is -0.412 e. The van der Waals surface area contributed by atoms with Gasteiger partial charge in [0, 0.05) is 21.9 Å². The van der Waals surface area contributed by atoms with Gasteiger partial charge in [0.05, 0.1) is 26.7 Å². The monoisotopic (exact) mass is 512 g/mol. The summed E-state index contributed by atoms with van der Waals surface area (Å²) in [5.74, 6) is 0.191. The van der Waals surface area contributed by atoms with E-state index < -0.39 is 6.72 Å². The van der Waals surface area contributed by atoms with Crippen LogP contribution >= 0.6 is 76.3 Å². The van der Waals surface area contributed by atoms with Crippen molar-refractivity contribution in [1.82, 2.24) is 0 Å². The Hall–Kier alpha value is 0.390. The molecule has 0 bridgehead atoms. The predicted octanol–water partition coefficient (Wildman–Crippen LogP) is 8.72. The number of halogens is 6. The summed E-state index contributed by atoms with van der Waals surface area (Å²) in [6.45, 7) is -1.22. The first-order chi connectivity index (χ1) is 12.1. The molecule has 11 heteroatoms. The lowest BCUT2D eigenvalue weighted by Crippen LogP contribution is -2.07. The van der Waals surface area contributed by atoms with Gasteiger partial charge in [0.2, 0.25) is 0 Å². The van der Waals surface area contributed by atoms with Gasteiger partial charge in [-0.3, -0.25) is 4.52 Å². The zero-order valence-electron chi connectivity index (χ0n) is 13.1. The van der Waals surface area contributed by atoms with E-state index in [-0.39, 0.29) is 38.2 Å². The standard InChI is InChI=1S/C15H11Cl6O3PS/c1-2-3-22-25(26,23-14-10(18)4-8(16)5-11(14)19)24-15-12(20)6-9(17)7-13(15)21/h4-7H,2-3H2,1H3. The van der Waals surface area contributed by atoms with Crippen molar-refractivity contribution in [3.63, 3.8) is 0 Å². The summed E-state index contributed by atoms with van der Waals surface area (Å²) in [7, 11) is 0. The van der Waals surface area contributed by atoms with Gasteiger partial charge >= 0.3 is 6.72 Å². The van der Waals surface area contributed by atoms with Crippen LogP contribution in [0.3, 0.4) is 0 Å². The van der Waals surface area contributed by atoms with Crippen molar-refractivity contribution in [3.8, 4) is 11.5 Å². The van der Waals surface area contributed by atoms with E-state index >= 15 is 0 Å². The second-order valence-corrected chi connectivity index (χ2v) is 10.2. The molecule has 0 N–H and O–H groups in total. The number of benzene rings is 2. The lowest BCUT2D eigenvalue weighted by Gasteiger charge is -2.24. The fourth-order valence-electron chi connectivity index (χ4n) is 1.73. The molecular formula is C15H11Cl6O3PS. The maximum absolute atomic E-state index is 6.16. The summed E-state index contributed by atoms with van der Waals surface area (Å²) in [6, 6.07) is 5.86. The van der Waals surface area contributed by atoms with Gasteiger partial charge in [-0.2, -0.15) is 0 Å². The highest BCUT2D eigenvalue weighted by Gasteiger charge is 2.29. The quantitative estimate of drug-likeness (QED) is 0.345. The van der Waals surface area contributed by atoms with E-state index in [2.05, 4.69) is 0 Å². The highest BCUT2D eigenvalue weighted by molar-refractivity contribution is 8.07. The van der Waals surface area contributed by atoms with Gasteiger partial charge in [-0.05, 0) is 30.7 Å². The number of hydrogen-bond acceptors (Lipinski definition) is 4. The van der Waals surface area contributed by atoms with Crippen LogP contribution in [0.4, 0.5) is 0 Å². The topological polar surface area (TPSA) is 27.7 Å². The Balaban J connectivity index is 2.42. The molecule has 2 aromatic carbocycles. The minimum atomic E-state index is -3.41. The third-order valence-corrected chi connectivity index (χ3v) is 6.42. The Bertz CT molecular complexity index is 754. The summed E-state index contributed by atoms with van der Waals surface area (Å²) >= 11 is 41.9. The van der Waals surface area contributed by atoms with Crippen molar-refractivity contribution in [3.05, 3.63) is 54.4 Å². The molecule has 0 saturated heterocycles. The van der Waals surface area contributed by atoms with Crippen LogP contribution in [0.15, 0.2) is 24.3 Å². The van der Waals surface area contributed by atoms with Crippen LogP contribution in [0.2, 0.25) is 30.1 Å². The zero-order valence-corrected chi connectivity index (χ0v) is 19.3. The lowest BCUT2D eigenvalue weighted by atomic mass is 10.3. The highest BCUT2D eigenvalue weighted by Crippen LogP contribution is 2.55. The summed E-state index contributed by atoms with van der Waals surface area (Å²) in [4.78, 5) is 0. The van der Waals surface area contributed by atoms with Gasteiger partial charge < -0.3 is 9.05 Å². The molecule has 0 atom stereocenters. The minimum absolute atomic E-state index is 0.0957. The fraction of sp³-hybridized carbons (Fsp3) is 0.200. The largest absolute Gasteiger partial charge is 0.435 e. The van der Waals surface area contributed by atoms with Gasteiger partial charge in [0.1, 0.15) is 0 Å². The van der Waals surface area contributed by atoms with Crippen LogP contribution < -0.4 is 9.05 Å². The summed E-state index contributed by atoms with van der Waals surface area (Å²) in [5.41, 5.74) is 0. The van der Waals surface area contributed by atoms with Crippen molar-refractivity contribution in [2.24, 2.45) is 0 Å². The molecule has 142 valence electrons. The molecule has 3 nitrogen and oxygen atoms in total. The molecule has 0 spiro atoms. The Morgan fingerprint density at radius 3 is 1.42 bits per heavy atom. The smallest absolute Gasteiger partial charge is 0.412 e. The molecule has 0 amide bonds. The molecule has 0 fully saturated rings. The molecule has 26 heavy (non-hydrogen) atoms. The Morgan fingerprint density at radius 2 is 1.12 bits per heavy atom. The summed E-state index contributed by atoms with van der Waals surface area (Å²) < 4.78 is 17.2. The van der Waals surface area contributed by atoms with Crippen molar-refractivity contribution in [2.45, 2.75) is 13.3 Å². The molecule has 0 heterocycles. The van der Waals surface area contributed by atoms with E-state index in [1.165, 1.54) is 24.3 Å². The van der Waals surface area contributed by atoms with Gasteiger partial charge in [-0.25, -0.2) is 0 Å². The van der Waals surface area contributed by atoms with E-state index in [1.54, 1.807) is 0 Å². The van der Waals surface area contributed by atoms with E-state index in [0.29, 0.717) is 16.5 Å². The number of rotatable bonds is 7. The molecule has 0 aliphatic heterocycles. The van der Waals surface area contributed by atoms with Gasteiger partial charge in [-0.1, -0.05) is 76.5 Å². The third kappa shape index (κ3) is 5.94. The second kappa shape index (κ2) is 9.73. The fourth-order valence-corrected chi connectivity index (χ4v) is 5.79. The Labute approximate surface area is 186 Å². The molecule has 0 saturated carbocycles. The number of hydrogen-bond donors (Lipinski definition) is 0. The molecule has 2 rings (SSSR count). The van der Waals surface area contributed by atoms with E-state index in [0.717, 1.165) is 0 Å². The lowest BCUT2D eigenvalue weighted by molar-refractivity contribution is 0.263. The van der Waals surface area contributed by atoms with Gasteiger partial charge in [0.25, 0.3) is 0 Å². The van der Waals surface area contributed by atoms with Crippen LogP contribution in [-0.4, -0.2) is 6.61 Å². The normalized spacial score (nSPS) is 11.5. The summed E-state index contributed by atoms with van der Waals surface area (Å²) in [5, 5.41) is 1.34. The van der Waals surface area contributed by atoms with Crippen molar-refractivity contribution < 1.29 is 13.6 Å². The van der Waals surface area contributed by atoms with E-state index in [1.807, 2.05) is 6.92 Å². The van der Waals surface area contributed by atoms with E-state index in [9.17, 15) is 0 Å². The van der Waals surface area contributed by atoms with Crippen LogP contribution in [0, 0.1) is 0 Å². The molecule has 0 aromatic heterocycles. The first-order valence-corrected chi connectivity index (χ1v) is 11.9. The van der Waals surface area contributed by atoms with Crippen LogP contribution in [-0.2, 0) is 16.3 Å². The second-order valence-electron chi connectivity index (χ2n) is 4.86. The molecule has 0 aliphatic carbocycles. The molecule has 0 radical (unpaired) electrons. The first kappa shape index (κ1) is 22.7. The Morgan fingerprint density at radius 1 is 0.769 bits per heavy atom. The summed E-state index contributed by atoms with van der Waals surface area (Å²) in [6.07, 6.45) is 0.676. The molecule has 0 aliphatic rings. The van der Waals surface area contributed by atoms with E-state index in [4.69, 9.17) is 95.0 Å². The average Bonchev–Trinajstić information content (AvgIpc) is 2.53. The van der Waals surface area contributed by atoms with Crippen LogP contribution in [0.5, 0.6) is 11.5 Å². The zero-order chi connectivity index (χ0) is 19.5. The van der Waals surface area contributed by atoms with Crippen LogP contribution in [0.25, 0.3) is 0 Å². The van der Waals surface area contributed by atoms with Crippen molar-refractivity contribution in [2.75, 3.05) is 6.61 Å². The van der Waals surface area contributed by atoms with Gasteiger partial charge in [0.15, 0.2) is 11.5 Å². The maximum atomic E-state index is 6.16. The molecular weight excluding hydrogens is 504 g/mol.